The summed E-state index contributed by atoms with van der Waals surface area (Å²) in [4.78, 5) is 10.5. The summed E-state index contributed by atoms with van der Waals surface area (Å²) < 4.78 is 71.1. The molecule has 0 radical (unpaired) electrons. The lowest BCUT2D eigenvalue weighted by Gasteiger charge is -2.47. The van der Waals surface area contributed by atoms with E-state index in [9.17, 15) is 17.6 Å². The summed E-state index contributed by atoms with van der Waals surface area (Å²) in [6.45, 7) is 1.26. The van der Waals surface area contributed by atoms with Crippen molar-refractivity contribution in [3.8, 4) is 5.75 Å². The van der Waals surface area contributed by atoms with Crippen LogP contribution in [0.1, 0.15) is 30.1 Å². The summed E-state index contributed by atoms with van der Waals surface area (Å²) in [7, 11) is 1.63. The fraction of sp³-hybridized carbons (Fsp3) is 0.455. The number of fused-ring (bicyclic) bond motifs is 2. The second-order valence-corrected chi connectivity index (χ2v) is 8.27. The van der Waals surface area contributed by atoms with Crippen LogP contribution in [0, 0.1) is 11.7 Å². The first kappa shape index (κ1) is 21.9. The molecule has 1 saturated heterocycles. The Bertz CT molecular complexity index is 1160. The van der Waals surface area contributed by atoms with Gasteiger partial charge in [0.2, 0.25) is 0 Å². The number of rotatable bonds is 4. The number of hydrogen-bond acceptors (Lipinski definition) is 6. The number of methoxy groups -OCH3 is 1. The molecule has 5 rings (SSSR count). The monoisotopic (exact) mass is 466 g/mol. The van der Waals surface area contributed by atoms with Crippen LogP contribution in [0.25, 0.3) is 11.0 Å². The summed E-state index contributed by atoms with van der Waals surface area (Å²) in [6.07, 6.45) is -2.12. The summed E-state index contributed by atoms with van der Waals surface area (Å²) in [5.74, 6) is -0.0756. The van der Waals surface area contributed by atoms with E-state index in [1.165, 1.54) is 18.5 Å². The standard InChI is InChI=1S/C22H22F4N4O3/c1-31-21(4-6-32-7-5-21)15-10-33-16-8-12(23)2-3-13(16)18(15)30-20-14-9-17(22(24,25)26)29-19(14)27-11-28-20/h2-3,8-9,11,15,18H,4-7,10H2,1H3,(H2,27,28,29,30). The topological polar surface area (TPSA) is 81.3 Å². The van der Waals surface area contributed by atoms with Gasteiger partial charge < -0.3 is 24.5 Å². The van der Waals surface area contributed by atoms with Crippen molar-refractivity contribution in [2.45, 2.75) is 30.7 Å². The van der Waals surface area contributed by atoms with Crippen molar-refractivity contribution < 1.29 is 31.8 Å². The van der Waals surface area contributed by atoms with Gasteiger partial charge in [-0.25, -0.2) is 14.4 Å². The van der Waals surface area contributed by atoms with E-state index in [0.29, 0.717) is 37.4 Å². The van der Waals surface area contributed by atoms with E-state index in [2.05, 4.69) is 20.3 Å². The highest BCUT2D eigenvalue weighted by atomic mass is 19.4. The van der Waals surface area contributed by atoms with E-state index in [4.69, 9.17) is 14.2 Å². The van der Waals surface area contributed by atoms with Crippen molar-refractivity contribution in [3.05, 3.63) is 47.7 Å². The van der Waals surface area contributed by atoms with Crippen LogP contribution in [0.4, 0.5) is 23.4 Å². The number of aromatic nitrogens is 3. The number of H-pyrrole nitrogens is 1. The lowest BCUT2D eigenvalue weighted by Crippen LogP contribution is -2.52. The first-order valence-corrected chi connectivity index (χ1v) is 10.5. The Kier molecular flexibility index (Phi) is 5.40. The average molecular weight is 466 g/mol. The van der Waals surface area contributed by atoms with Crippen LogP contribution in [0.15, 0.2) is 30.6 Å². The molecule has 7 nitrogen and oxygen atoms in total. The summed E-state index contributed by atoms with van der Waals surface area (Å²) >= 11 is 0. The third-order valence-electron chi connectivity index (χ3n) is 6.58. The number of alkyl halides is 3. The first-order chi connectivity index (χ1) is 15.8. The van der Waals surface area contributed by atoms with E-state index < -0.39 is 29.3 Å². The molecule has 2 aliphatic rings. The van der Waals surface area contributed by atoms with Crippen molar-refractivity contribution in [2.75, 3.05) is 32.2 Å². The second kappa shape index (κ2) is 8.14. The van der Waals surface area contributed by atoms with Crippen molar-refractivity contribution in [1.29, 1.82) is 0 Å². The molecule has 0 bridgehead atoms. The fourth-order valence-electron chi connectivity index (χ4n) is 4.81. The third-order valence-corrected chi connectivity index (χ3v) is 6.58. The van der Waals surface area contributed by atoms with Crippen LogP contribution in [0.2, 0.25) is 0 Å². The Morgan fingerprint density at radius 1 is 1.18 bits per heavy atom. The van der Waals surface area contributed by atoms with Gasteiger partial charge in [0, 0.05) is 50.7 Å². The maximum Gasteiger partial charge on any atom is 0.431 e. The number of aromatic amines is 1. The smallest absolute Gasteiger partial charge is 0.431 e. The molecule has 4 heterocycles. The number of benzene rings is 1. The van der Waals surface area contributed by atoms with E-state index in [1.807, 2.05) is 0 Å². The molecule has 2 aliphatic heterocycles. The van der Waals surface area contributed by atoms with Crippen LogP contribution < -0.4 is 10.1 Å². The van der Waals surface area contributed by atoms with Crippen molar-refractivity contribution in [3.63, 3.8) is 0 Å². The average Bonchev–Trinajstić information content (AvgIpc) is 3.26. The predicted octanol–water partition coefficient (Wildman–Crippen LogP) is 4.47. The molecule has 1 aromatic carbocycles. The van der Waals surface area contributed by atoms with E-state index >= 15 is 0 Å². The van der Waals surface area contributed by atoms with Crippen molar-refractivity contribution >= 4 is 16.9 Å². The maximum absolute atomic E-state index is 13.9. The van der Waals surface area contributed by atoms with Crippen molar-refractivity contribution in [2.24, 2.45) is 5.92 Å². The van der Waals surface area contributed by atoms with Gasteiger partial charge >= 0.3 is 6.18 Å². The molecular weight excluding hydrogens is 444 g/mol. The molecule has 11 heteroatoms. The highest BCUT2D eigenvalue weighted by Gasteiger charge is 2.48. The molecular formula is C22H22F4N4O3. The minimum Gasteiger partial charge on any atom is -0.493 e. The normalized spacial score (nSPS) is 22.6. The first-order valence-electron chi connectivity index (χ1n) is 10.5. The molecule has 0 saturated carbocycles. The molecule has 3 aromatic rings. The van der Waals surface area contributed by atoms with Gasteiger partial charge in [0.05, 0.1) is 23.6 Å². The zero-order chi connectivity index (χ0) is 23.2. The Morgan fingerprint density at radius 2 is 1.97 bits per heavy atom. The predicted molar refractivity (Wildman–Crippen MR) is 110 cm³/mol. The number of nitrogens with zero attached hydrogens (tertiary/aromatic N) is 2. The highest BCUT2D eigenvalue weighted by molar-refractivity contribution is 5.88. The number of ether oxygens (including phenoxy) is 3. The molecule has 33 heavy (non-hydrogen) atoms. The molecule has 176 valence electrons. The lowest BCUT2D eigenvalue weighted by atomic mass is 9.73. The van der Waals surface area contributed by atoms with Crippen LogP contribution in [-0.2, 0) is 15.7 Å². The van der Waals surface area contributed by atoms with Gasteiger partial charge in [-0.3, -0.25) is 0 Å². The molecule has 2 atom stereocenters. The number of halogens is 4. The van der Waals surface area contributed by atoms with E-state index in [1.54, 1.807) is 13.2 Å². The zero-order valence-corrected chi connectivity index (χ0v) is 17.7. The van der Waals surface area contributed by atoms with Gasteiger partial charge in [-0.05, 0) is 12.1 Å². The molecule has 0 spiro atoms. The zero-order valence-electron chi connectivity index (χ0n) is 17.7. The Balaban J connectivity index is 1.59. The third kappa shape index (κ3) is 3.89. The SMILES string of the molecule is COC1(C2COc3cc(F)ccc3C2Nc2ncnc3[nH]c(C(F)(F)F)cc23)CCOCC1. The number of hydrogen-bond donors (Lipinski definition) is 2. The van der Waals surface area contributed by atoms with Crippen LogP contribution in [0.5, 0.6) is 5.75 Å². The summed E-state index contributed by atoms with van der Waals surface area (Å²) in [6, 6.07) is 4.77. The Labute approximate surface area is 186 Å². The number of anilines is 1. The molecule has 0 aliphatic carbocycles. The minimum absolute atomic E-state index is 0.0651. The molecule has 2 N–H and O–H groups in total. The summed E-state index contributed by atoms with van der Waals surface area (Å²) in [5.41, 5.74) is -0.766. The molecule has 2 unspecified atom stereocenters. The van der Waals surface area contributed by atoms with Crippen LogP contribution in [0.3, 0.4) is 0 Å². The fourth-order valence-corrected chi connectivity index (χ4v) is 4.81. The van der Waals surface area contributed by atoms with Gasteiger partial charge in [0.1, 0.15) is 35.1 Å². The Morgan fingerprint density at radius 3 is 2.70 bits per heavy atom. The van der Waals surface area contributed by atoms with Gasteiger partial charge in [0.15, 0.2) is 0 Å². The maximum atomic E-state index is 13.9. The molecule has 2 aromatic heterocycles. The van der Waals surface area contributed by atoms with Gasteiger partial charge in [-0.1, -0.05) is 6.07 Å². The van der Waals surface area contributed by atoms with Crippen LogP contribution >= 0.6 is 0 Å². The van der Waals surface area contributed by atoms with Gasteiger partial charge in [-0.2, -0.15) is 13.2 Å². The van der Waals surface area contributed by atoms with Gasteiger partial charge in [-0.15, -0.1) is 0 Å². The molecule has 0 amide bonds. The largest absolute Gasteiger partial charge is 0.493 e. The number of nitrogens with one attached hydrogen (secondary N) is 2. The minimum atomic E-state index is -4.55. The van der Waals surface area contributed by atoms with Gasteiger partial charge in [0.25, 0.3) is 0 Å². The Hall–Kier alpha value is -2.92. The van der Waals surface area contributed by atoms with Crippen LogP contribution in [-0.4, -0.2) is 47.5 Å². The highest BCUT2D eigenvalue weighted by Crippen LogP contribution is 2.47. The summed E-state index contributed by atoms with van der Waals surface area (Å²) in [5, 5.41) is 3.51. The second-order valence-electron chi connectivity index (χ2n) is 8.27. The quantitative estimate of drug-likeness (QED) is 0.552. The van der Waals surface area contributed by atoms with Crippen molar-refractivity contribution in [1.82, 2.24) is 15.0 Å². The lowest BCUT2D eigenvalue weighted by molar-refractivity contribution is -0.140. The van der Waals surface area contributed by atoms with E-state index in [-0.39, 0.29) is 29.4 Å². The molecule has 1 fully saturated rings. The van der Waals surface area contributed by atoms with E-state index in [0.717, 1.165) is 6.07 Å².